The smallest absolute Gasteiger partial charge is 0.326 e. The summed E-state index contributed by atoms with van der Waals surface area (Å²) in [6.45, 7) is 0.472. The molecule has 7 nitrogen and oxygen atoms in total. The zero-order chi connectivity index (χ0) is 17.0. The van der Waals surface area contributed by atoms with Crippen LogP contribution in [0.1, 0.15) is 18.4 Å². The molecule has 1 atom stereocenters. The molecule has 7 heteroatoms. The molecule has 0 saturated carbocycles. The number of carbonyl (C=O) groups is 2. The zero-order valence-electron chi connectivity index (χ0n) is 13.5. The van der Waals surface area contributed by atoms with E-state index in [1.807, 2.05) is 0 Å². The molecule has 1 amide bonds. The first-order chi connectivity index (χ1) is 11.0. The monoisotopic (exact) mass is 323 g/mol. The van der Waals surface area contributed by atoms with Crippen molar-refractivity contribution in [1.29, 1.82) is 0 Å². The summed E-state index contributed by atoms with van der Waals surface area (Å²) >= 11 is 0. The number of rotatable bonds is 6. The highest BCUT2D eigenvalue weighted by Crippen LogP contribution is 2.38. The van der Waals surface area contributed by atoms with Crippen LogP contribution in [0, 0.1) is 0 Å². The van der Waals surface area contributed by atoms with Crippen LogP contribution in [-0.4, -0.2) is 55.8 Å². The summed E-state index contributed by atoms with van der Waals surface area (Å²) in [4.78, 5) is 25.1. The standard InChI is InChI=1S/C16H21NO6/c1-21-12-7-10(8-13(22-2)15(12)23-3)9-14(18)17-6-4-5-11(17)16(19)20/h7-8,11H,4-6,9H2,1-3H3,(H,19,20)/t11-/m1/s1. The third kappa shape index (κ3) is 3.49. The number of methoxy groups -OCH3 is 3. The van der Waals surface area contributed by atoms with Gasteiger partial charge in [-0.25, -0.2) is 4.79 Å². The highest BCUT2D eigenvalue weighted by Gasteiger charge is 2.33. The summed E-state index contributed by atoms with van der Waals surface area (Å²) in [6, 6.07) is 2.67. The fourth-order valence-corrected chi connectivity index (χ4v) is 2.84. The molecule has 1 aliphatic heterocycles. The molecule has 1 aromatic carbocycles. The Morgan fingerprint density at radius 2 is 1.78 bits per heavy atom. The van der Waals surface area contributed by atoms with Crippen LogP contribution >= 0.6 is 0 Å². The third-order valence-corrected chi connectivity index (χ3v) is 3.94. The maximum Gasteiger partial charge on any atom is 0.326 e. The molecule has 23 heavy (non-hydrogen) atoms. The quantitative estimate of drug-likeness (QED) is 0.850. The van der Waals surface area contributed by atoms with Crippen LogP contribution in [0.25, 0.3) is 0 Å². The van der Waals surface area contributed by atoms with E-state index in [-0.39, 0.29) is 12.3 Å². The Kier molecular flexibility index (Phi) is 5.31. The average molecular weight is 323 g/mol. The van der Waals surface area contributed by atoms with E-state index in [1.165, 1.54) is 26.2 Å². The minimum absolute atomic E-state index is 0.0838. The number of likely N-dealkylation sites (tertiary alicyclic amines) is 1. The number of ether oxygens (including phenoxy) is 3. The number of aliphatic carboxylic acids is 1. The van der Waals surface area contributed by atoms with Crippen molar-refractivity contribution in [3.8, 4) is 17.2 Å². The number of carboxylic acids is 1. The number of benzene rings is 1. The lowest BCUT2D eigenvalue weighted by Gasteiger charge is -2.22. The Morgan fingerprint density at radius 1 is 1.17 bits per heavy atom. The van der Waals surface area contributed by atoms with Gasteiger partial charge in [-0.3, -0.25) is 4.79 Å². The van der Waals surface area contributed by atoms with Crippen LogP contribution in [0.5, 0.6) is 17.2 Å². The summed E-state index contributed by atoms with van der Waals surface area (Å²) in [7, 11) is 4.51. The molecule has 1 fully saturated rings. The molecule has 1 aliphatic rings. The van der Waals surface area contributed by atoms with Gasteiger partial charge in [-0.1, -0.05) is 0 Å². The van der Waals surface area contributed by atoms with Gasteiger partial charge in [0.25, 0.3) is 0 Å². The van der Waals surface area contributed by atoms with E-state index in [9.17, 15) is 14.7 Å². The maximum atomic E-state index is 12.4. The highest BCUT2D eigenvalue weighted by atomic mass is 16.5. The predicted molar refractivity (Wildman–Crippen MR) is 82.2 cm³/mol. The molecule has 1 aromatic rings. The van der Waals surface area contributed by atoms with E-state index in [0.717, 1.165) is 0 Å². The lowest BCUT2D eigenvalue weighted by molar-refractivity contribution is -0.148. The predicted octanol–water partition coefficient (Wildman–Crippen LogP) is 1.33. The number of carbonyl (C=O) groups excluding carboxylic acids is 1. The first kappa shape index (κ1) is 16.9. The molecule has 1 N–H and O–H groups in total. The Balaban J connectivity index is 2.22. The lowest BCUT2D eigenvalue weighted by Crippen LogP contribution is -2.41. The van der Waals surface area contributed by atoms with E-state index < -0.39 is 12.0 Å². The average Bonchev–Trinajstić information content (AvgIpc) is 3.03. The fraction of sp³-hybridized carbons (Fsp3) is 0.500. The van der Waals surface area contributed by atoms with Gasteiger partial charge in [0.2, 0.25) is 11.7 Å². The maximum absolute atomic E-state index is 12.4. The van der Waals surface area contributed by atoms with E-state index in [4.69, 9.17) is 14.2 Å². The molecule has 0 unspecified atom stereocenters. The second kappa shape index (κ2) is 7.21. The van der Waals surface area contributed by atoms with E-state index in [2.05, 4.69) is 0 Å². The first-order valence-electron chi connectivity index (χ1n) is 7.33. The number of carboxylic acid groups (broad SMARTS) is 1. The van der Waals surface area contributed by atoms with Gasteiger partial charge in [0.1, 0.15) is 6.04 Å². The first-order valence-corrected chi connectivity index (χ1v) is 7.33. The normalized spacial score (nSPS) is 17.0. The highest BCUT2D eigenvalue weighted by molar-refractivity contribution is 5.85. The summed E-state index contributed by atoms with van der Waals surface area (Å²) in [5, 5.41) is 9.18. The molecule has 0 bridgehead atoms. The van der Waals surface area contributed by atoms with Gasteiger partial charge >= 0.3 is 5.97 Å². The molecule has 1 saturated heterocycles. The summed E-state index contributed by atoms with van der Waals surface area (Å²) < 4.78 is 15.8. The van der Waals surface area contributed by atoms with Gasteiger partial charge in [-0.15, -0.1) is 0 Å². The molecule has 0 radical (unpaired) electrons. The van der Waals surface area contributed by atoms with E-state index in [1.54, 1.807) is 12.1 Å². The minimum Gasteiger partial charge on any atom is -0.493 e. The Bertz CT molecular complexity index is 575. The number of amides is 1. The molecule has 0 aliphatic carbocycles. The van der Waals surface area contributed by atoms with Gasteiger partial charge in [0.05, 0.1) is 27.8 Å². The van der Waals surface area contributed by atoms with Gasteiger partial charge in [0.15, 0.2) is 11.5 Å². The SMILES string of the molecule is COc1cc(CC(=O)N2CCC[C@@H]2C(=O)O)cc(OC)c1OC. The second-order valence-corrected chi connectivity index (χ2v) is 5.29. The summed E-state index contributed by atoms with van der Waals surface area (Å²) in [5.41, 5.74) is 0.681. The van der Waals surface area contributed by atoms with Crippen molar-refractivity contribution in [2.75, 3.05) is 27.9 Å². The van der Waals surface area contributed by atoms with Gasteiger partial charge in [-0.05, 0) is 30.5 Å². The van der Waals surface area contributed by atoms with E-state index in [0.29, 0.717) is 42.2 Å². The Labute approximate surface area is 134 Å². The van der Waals surface area contributed by atoms with Gasteiger partial charge < -0.3 is 24.2 Å². The largest absolute Gasteiger partial charge is 0.493 e. The van der Waals surface area contributed by atoms with Crippen molar-refractivity contribution < 1.29 is 28.9 Å². The van der Waals surface area contributed by atoms with Crippen LogP contribution in [0.2, 0.25) is 0 Å². The Morgan fingerprint density at radius 3 is 2.26 bits per heavy atom. The second-order valence-electron chi connectivity index (χ2n) is 5.29. The van der Waals surface area contributed by atoms with Crippen molar-refractivity contribution in [2.45, 2.75) is 25.3 Å². The third-order valence-electron chi connectivity index (χ3n) is 3.94. The van der Waals surface area contributed by atoms with Crippen molar-refractivity contribution in [1.82, 2.24) is 4.90 Å². The van der Waals surface area contributed by atoms with Crippen molar-refractivity contribution in [2.24, 2.45) is 0 Å². The summed E-state index contributed by atoms with van der Waals surface area (Å²) in [5.74, 6) is 0.206. The van der Waals surface area contributed by atoms with Crippen LogP contribution in [0.3, 0.4) is 0 Å². The molecule has 126 valence electrons. The fourth-order valence-electron chi connectivity index (χ4n) is 2.84. The zero-order valence-corrected chi connectivity index (χ0v) is 13.5. The topological polar surface area (TPSA) is 85.3 Å². The van der Waals surface area contributed by atoms with Crippen LogP contribution in [-0.2, 0) is 16.0 Å². The number of hydrogen-bond donors (Lipinski definition) is 1. The molecule has 0 spiro atoms. The molecule has 0 aromatic heterocycles. The summed E-state index contributed by atoms with van der Waals surface area (Å²) in [6.07, 6.45) is 1.29. The Hall–Kier alpha value is -2.44. The van der Waals surface area contributed by atoms with Gasteiger partial charge in [-0.2, -0.15) is 0 Å². The molecular formula is C16H21NO6. The van der Waals surface area contributed by atoms with Crippen LogP contribution in [0.4, 0.5) is 0 Å². The van der Waals surface area contributed by atoms with Crippen molar-refractivity contribution in [3.05, 3.63) is 17.7 Å². The van der Waals surface area contributed by atoms with Crippen LogP contribution in [0.15, 0.2) is 12.1 Å². The minimum atomic E-state index is -0.958. The lowest BCUT2D eigenvalue weighted by atomic mass is 10.1. The van der Waals surface area contributed by atoms with Crippen LogP contribution < -0.4 is 14.2 Å². The van der Waals surface area contributed by atoms with Crippen molar-refractivity contribution >= 4 is 11.9 Å². The van der Waals surface area contributed by atoms with Gasteiger partial charge in [0, 0.05) is 6.54 Å². The molecular weight excluding hydrogens is 302 g/mol. The molecule has 1 heterocycles. The molecule has 2 rings (SSSR count). The van der Waals surface area contributed by atoms with E-state index >= 15 is 0 Å². The number of hydrogen-bond acceptors (Lipinski definition) is 5. The van der Waals surface area contributed by atoms with Crippen molar-refractivity contribution in [3.63, 3.8) is 0 Å². The number of nitrogens with zero attached hydrogens (tertiary/aromatic N) is 1.